The molecular formula is C16H16N2O2. The van der Waals surface area contributed by atoms with Crippen molar-refractivity contribution in [2.45, 2.75) is 13.8 Å². The number of phenolic OH excluding ortho intramolecular Hbond substituents is 1. The van der Waals surface area contributed by atoms with Gasteiger partial charge >= 0.3 is 0 Å². The molecule has 0 aromatic heterocycles. The van der Waals surface area contributed by atoms with E-state index in [0.717, 1.165) is 11.1 Å². The van der Waals surface area contributed by atoms with Crippen LogP contribution in [0.5, 0.6) is 5.75 Å². The maximum absolute atomic E-state index is 11.9. The average Bonchev–Trinajstić information content (AvgIpc) is 2.46. The lowest BCUT2D eigenvalue weighted by Crippen LogP contribution is -2.19. The van der Waals surface area contributed by atoms with Crippen LogP contribution in [0.1, 0.15) is 28.4 Å². The van der Waals surface area contributed by atoms with Crippen LogP contribution in [0.4, 0.5) is 0 Å². The van der Waals surface area contributed by atoms with Crippen molar-refractivity contribution in [2.24, 2.45) is 5.10 Å². The zero-order chi connectivity index (χ0) is 14.5. The van der Waals surface area contributed by atoms with Gasteiger partial charge in [0, 0.05) is 5.56 Å². The standard InChI is InChI=1S/C16H16N2O2/c1-11-3-5-14(6-4-11)16(20)18-17-12(2)13-7-9-15(19)10-8-13/h3-10,19H,1-2H3,(H,18,20). The first-order valence-corrected chi connectivity index (χ1v) is 6.27. The van der Waals surface area contributed by atoms with E-state index in [0.29, 0.717) is 11.3 Å². The van der Waals surface area contributed by atoms with Crippen molar-refractivity contribution in [3.05, 3.63) is 65.2 Å². The van der Waals surface area contributed by atoms with E-state index in [9.17, 15) is 9.90 Å². The number of rotatable bonds is 3. The number of benzene rings is 2. The summed E-state index contributed by atoms with van der Waals surface area (Å²) in [6.07, 6.45) is 0. The summed E-state index contributed by atoms with van der Waals surface area (Å²) in [5, 5.41) is 13.3. The molecule has 0 fully saturated rings. The van der Waals surface area contributed by atoms with Crippen LogP contribution in [0.25, 0.3) is 0 Å². The maximum Gasteiger partial charge on any atom is 0.271 e. The lowest BCUT2D eigenvalue weighted by atomic mass is 10.1. The summed E-state index contributed by atoms with van der Waals surface area (Å²) in [6.45, 7) is 3.76. The van der Waals surface area contributed by atoms with Crippen LogP contribution in [-0.4, -0.2) is 16.7 Å². The Morgan fingerprint density at radius 1 is 1.00 bits per heavy atom. The van der Waals surface area contributed by atoms with Crippen molar-refractivity contribution in [3.8, 4) is 5.75 Å². The number of aryl methyl sites for hydroxylation is 1. The minimum Gasteiger partial charge on any atom is -0.508 e. The highest BCUT2D eigenvalue weighted by Crippen LogP contribution is 2.10. The molecule has 2 N–H and O–H groups in total. The highest BCUT2D eigenvalue weighted by atomic mass is 16.3. The predicted octanol–water partition coefficient (Wildman–Crippen LogP) is 2.85. The molecule has 2 aromatic carbocycles. The third-order valence-electron chi connectivity index (χ3n) is 2.92. The molecule has 0 atom stereocenters. The Morgan fingerprint density at radius 3 is 2.15 bits per heavy atom. The summed E-state index contributed by atoms with van der Waals surface area (Å²) < 4.78 is 0. The van der Waals surface area contributed by atoms with E-state index in [-0.39, 0.29) is 11.7 Å². The molecule has 2 rings (SSSR count). The maximum atomic E-state index is 11.9. The number of phenols is 1. The Bertz CT molecular complexity index is 629. The molecule has 0 saturated carbocycles. The highest BCUT2D eigenvalue weighted by molar-refractivity contribution is 6.00. The molecule has 102 valence electrons. The smallest absolute Gasteiger partial charge is 0.271 e. The topological polar surface area (TPSA) is 61.7 Å². The van der Waals surface area contributed by atoms with Crippen LogP contribution in [0.15, 0.2) is 53.6 Å². The van der Waals surface area contributed by atoms with E-state index in [1.54, 1.807) is 43.3 Å². The van der Waals surface area contributed by atoms with Gasteiger partial charge in [0.25, 0.3) is 5.91 Å². The number of hydrogen-bond donors (Lipinski definition) is 2. The monoisotopic (exact) mass is 268 g/mol. The van der Waals surface area contributed by atoms with Crippen molar-refractivity contribution in [3.63, 3.8) is 0 Å². The summed E-state index contributed by atoms with van der Waals surface area (Å²) in [6, 6.07) is 13.9. The lowest BCUT2D eigenvalue weighted by Gasteiger charge is -2.03. The number of carbonyl (C=O) groups excluding carboxylic acids is 1. The molecule has 20 heavy (non-hydrogen) atoms. The SMILES string of the molecule is CC(=NNC(=O)c1ccc(C)cc1)c1ccc(O)cc1. The fraction of sp³-hybridized carbons (Fsp3) is 0.125. The summed E-state index contributed by atoms with van der Waals surface area (Å²) in [7, 11) is 0. The molecule has 1 amide bonds. The van der Waals surface area contributed by atoms with E-state index >= 15 is 0 Å². The normalized spacial score (nSPS) is 11.2. The van der Waals surface area contributed by atoms with Gasteiger partial charge in [0.15, 0.2) is 0 Å². The lowest BCUT2D eigenvalue weighted by molar-refractivity contribution is 0.0955. The molecule has 0 aliphatic rings. The van der Waals surface area contributed by atoms with E-state index in [2.05, 4.69) is 10.5 Å². The molecule has 0 spiro atoms. The third kappa shape index (κ3) is 3.45. The second-order valence-corrected chi connectivity index (χ2v) is 4.55. The summed E-state index contributed by atoms with van der Waals surface area (Å²) in [4.78, 5) is 11.9. The van der Waals surface area contributed by atoms with Gasteiger partial charge in [-0.25, -0.2) is 5.43 Å². The number of aromatic hydroxyl groups is 1. The van der Waals surface area contributed by atoms with E-state index in [1.165, 1.54) is 0 Å². The zero-order valence-corrected chi connectivity index (χ0v) is 11.4. The molecule has 0 saturated heterocycles. The number of hydrogen-bond acceptors (Lipinski definition) is 3. The molecule has 0 unspecified atom stereocenters. The molecule has 4 heteroatoms. The average molecular weight is 268 g/mol. The highest BCUT2D eigenvalue weighted by Gasteiger charge is 2.04. The van der Waals surface area contributed by atoms with E-state index < -0.39 is 0 Å². The fourth-order valence-electron chi connectivity index (χ4n) is 1.67. The van der Waals surface area contributed by atoms with Crippen LogP contribution in [0.2, 0.25) is 0 Å². The Labute approximate surface area is 117 Å². The number of nitrogens with zero attached hydrogens (tertiary/aromatic N) is 1. The van der Waals surface area contributed by atoms with Crippen LogP contribution in [0.3, 0.4) is 0 Å². The molecule has 0 bridgehead atoms. The second-order valence-electron chi connectivity index (χ2n) is 4.55. The van der Waals surface area contributed by atoms with Gasteiger partial charge in [-0.2, -0.15) is 5.10 Å². The van der Waals surface area contributed by atoms with Crippen LogP contribution in [-0.2, 0) is 0 Å². The Balaban J connectivity index is 2.06. The van der Waals surface area contributed by atoms with Gasteiger partial charge in [-0.15, -0.1) is 0 Å². The molecule has 2 aromatic rings. The first kappa shape index (κ1) is 13.8. The molecular weight excluding hydrogens is 252 g/mol. The van der Waals surface area contributed by atoms with Gasteiger partial charge in [0.2, 0.25) is 0 Å². The van der Waals surface area contributed by atoms with Crippen LogP contribution in [0, 0.1) is 6.92 Å². The Morgan fingerprint density at radius 2 is 1.55 bits per heavy atom. The van der Waals surface area contributed by atoms with Gasteiger partial charge in [0.05, 0.1) is 5.71 Å². The number of carbonyl (C=O) groups is 1. The van der Waals surface area contributed by atoms with Gasteiger partial charge in [-0.3, -0.25) is 4.79 Å². The summed E-state index contributed by atoms with van der Waals surface area (Å²) in [5.41, 5.74) is 5.70. The number of amides is 1. The quantitative estimate of drug-likeness (QED) is 0.664. The van der Waals surface area contributed by atoms with Crippen molar-refractivity contribution in [2.75, 3.05) is 0 Å². The number of nitrogens with one attached hydrogen (secondary N) is 1. The first-order chi connectivity index (χ1) is 9.56. The van der Waals surface area contributed by atoms with Crippen LogP contribution >= 0.6 is 0 Å². The van der Waals surface area contributed by atoms with Crippen molar-refractivity contribution >= 4 is 11.6 Å². The summed E-state index contributed by atoms with van der Waals surface area (Å²) in [5.74, 6) is -0.0478. The Kier molecular flexibility index (Phi) is 4.15. The second kappa shape index (κ2) is 6.02. The zero-order valence-electron chi connectivity index (χ0n) is 11.4. The van der Waals surface area contributed by atoms with Gasteiger partial charge in [-0.1, -0.05) is 17.7 Å². The minimum atomic E-state index is -0.247. The van der Waals surface area contributed by atoms with Gasteiger partial charge < -0.3 is 5.11 Å². The Hall–Kier alpha value is -2.62. The molecule has 4 nitrogen and oxygen atoms in total. The largest absolute Gasteiger partial charge is 0.508 e. The molecule has 0 radical (unpaired) electrons. The summed E-state index contributed by atoms with van der Waals surface area (Å²) >= 11 is 0. The van der Waals surface area contributed by atoms with Crippen LogP contribution < -0.4 is 5.43 Å². The predicted molar refractivity (Wildman–Crippen MR) is 79.0 cm³/mol. The van der Waals surface area contributed by atoms with E-state index in [1.807, 2.05) is 19.1 Å². The van der Waals surface area contributed by atoms with Gasteiger partial charge in [-0.05, 0) is 55.8 Å². The molecule has 0 aliphatic carbocycles. The van der Waals surface area contributed by atoms with Crippen molar-refractivity contribution in [1.82, 2.24) is 5.43 Å². The van der Waals surface area contributed by atoms with Crippen molar-refractivity contribution < 1.29 is 9.90 Å². The molecule has 0 aliphatic heterocycles. The van der Waals surface area contributed by atoms with Gasteiger partial charge in [0.1, 0.15) is 5.75 Å². The fourth-order valence-corrected chi connectivity index (χ4v) is 1.67. The third-order valence-corrected chi connectivity index (χ3v) is 2.92. The minimum absolute atomic E-state index is 0.199. The van der Waals surface area contributed by atoms with Crippen molar-refractivity contribution in [1.29, 1.82) is 0 Å². The first-order valence-electron chi connectivity index (χ1n) is 6.27. The van der Waals surface area contributed by atoms with E-state index in [4.69, 9.17) is 0 Å². The number of hydrazone groups is 1. The molecule has 0 heterocycles.